The highest BCUT2D eigenvalue weighted by Gasteiger charge is 2.25. The van der Waals surface area contributed by atoms with Crippen molar-refractivity contribution in [3.8, 4) is 0 Å². The van der Waals surface area contributed by atoms with Crippen LogP contribution in [0.1, 0.15) is 34.1 Å². The van der Waals surface area contributed by atoms with Gasteiger partial charge in [-0.25, -0.2) is 0 Å². The van der Waals surface area contributed by atoms with Crippen LogP contribution in [-0.2, 0) is 4.79 Å². The Morgan fingerprint density at radius 3 is 2.08 bits per heavy atom. The van der Waals surface area contributed by atoms with Crippen molar-refractivity contribution in [3.05, 3.63) is 0 Å². The van der Waals surface area contributed by atoms with Gasteiger partial charge in [-0.3, -0.25) is 4.79 Å². The highest BCUT2D eigenvalue weighted by Crippen LogP contribution is 2.09. The minimum atomic E-state index is -0.998. The molecule has 0 heterocycles. The molecule has 0 spiro atoms. The average Bonchev–Trinajstić information content (AvgIpc) is 2.00. The van der Waals surface area contributed by atoms with Crippen LogP contribution >= 0.6 is 0 Å². The standard InChI is InChI=1S/C10H21NO2/c1-6(2)5-8(11)10(13)9(12)7(3)4/h6-8,10,13H,5,11H2,1-4H3/t8-,10-/m0/s1. The van der Waals surface area contributed by atoms with Crippen molar-refractivity contribution >= 4 is 5.78 Å². The Morgan fingerprint density at radius 1 is 1.31 bits per heavy atom. The number of aliphatic hydroxyl groups excluding tert-OH is 1. The quantitative estimate of drug-likeness (QED) is 0.673. The molecule has 0 radical (unpaired) electrons. The predicted molar refractivity (Wildman–Crippen MR) is 53.3 cm³/mol. The lowest BCUT2D eigenvalue weighted by Gasteiger charge is -2.20. The van der Waals surface area contributed by atoms with E-state index in [-0.39, 0.29) is 11.7 Å². The molecule has 13 heavy (non-hydrogen) atoms. The number of nitrogens with two attached hydrogens (primary N) is 1. The minimum Gasteiger partial charge on any atom is -0.384 e. The van der Waals surface area contributed by atoms with Gasteiger partial charge < -0.3 is 10.8 Å². The molecule has 3 heteroatoms. The summed E-state index contributed by atoms with van der Waals surface area (Å²) in [5.41, 5.74) is 5.69. The molecule has 0 unspecified atom stereocenters. The lowest BCUT2D eigenvalue weighted by Crippen LogP contribution is -2.43. The summed E-state index contributed by atoms with van der Waals surface area (Å²) >= 11 is 0. The van der Waals surface area contributed by atoms with E-state index in [1.807, 2.05) is 13.8 Å². The highest BCUT2D eigenvalue weighted by atomic mass is 16.3. The van der Waals surface area contributed by atoms with Crippen LogP contribution in [0, 0.1) is 11.8 Å². The lowest BCUT2D eigenvalue weighted by atomic mass is 9.93. The first-order valence-electron chi connectivity index (χ1n) is 4.83. The van der Waals surface area contributed by atoms with Crippen molar-refractivity contribution < 1.29 is 9.90 Å². The van der Waals surface area contributed by atoms with Crippen molar-refractivity contribution in [2.45, 2.75) is 46.3 Å². The fourth-order valence-corrected chi connectivity index (χ4v) is 1.23. The number of aliphatic hydroxyl groups is 1. The fourth-order valence-electron chi connectivity index (χ4n) is 1.23. The van der Waals surface area contributed by atoms with Crippen molar-refractivity contribution in [1.82, 2.24) is 0 Å². The number of rotatable bonds is 5. The zero-order valence-electron chi connectivity index (χ0n) is 8.95. The second-order valence-corrected chi connectivity index (χ2v) is 4.30. The lowest BCUT2D eigenvalue weighted by molar-refractivity contribution is -0.131. The summed E-state index contributed by atoms with van der Waals surface area (Å²) in [5.74, 6) is 0.103. The summed E-state index contributed by atoms with van der Waals surface area (Å²) in [7, 11) is 0. The number of ketones is 1. The first-order valence-corrected chi connectivity index (χ1v) is 4.83. The van der Waals surface area contributed by atoms with Crippen LogP contribution in [0.5, 0.6) is 0 Å². The molecule has 0 bridgehead atoms. The van der Waals surface area contributed by atoms with Gasteiger partial charge in [-0.05, 0) is 12.3 Å². The van der Waals surface area contributed by atoms with E-state index in [9.17, 15) is 9.90 Å². The van der Waals surface area contributed by atoms with Gasteiger partial charge in [0.1, 0.15) is 6.10 Å². The van der Waals surface area contributed by atoms with Crippen LogP contribution in [0.2, 0.25) is 0 Å². The van der Waals surface area contributed by atoms with E-state index < -0.39 is 12.1 Å². The molecule has 3 N–H and O–H groups in total. The summed E-state index contributed by atoms with van der Waals surface area (Å²) < 4.78 is 0. The van der Waals surface area contributed by atoms with Crippen molar-refractivity contribution in [1.29, 1.82) is 0 Å². The molecule has 0 saturated heterocycles. The van der Waals surface area contributed by atoms with Crippen molar-refractivity contribution in [3.63, 3.8) is 0 Å². The van der Waals surface area contributed by atoms with Crippen molar-refractivity contribution in [2.24, 2.45) is 17.6 Å². The first kappa shape index (κ1) is 12.6. The van der Waals surface area contributed by atoms with E-state index in [2.05, 4.69) is 0 Å². The molecule has 0 aliphatic rings. The van der Waals surface area contributed by atoms with Crippen LogP contribution in [-0.4, -0.2) is 23.0 Å². The zero-order valence-corrected chi connectivity index (χ0v) is 8.95. The molecular formula is C10H21NO2. The van der Waals surface area contributed by atoms with Gasteiger partial charge in [0.05, 0.1) is 0 Å². The summed E-state index contributed by atoms with van der Waals surface area (Å²) in [6.45, 7) is 7.58. The third-order valence-electron chi connectivity index (χ3n) is 2.01. The van der Waals surface area contributed by atoms with Crippen molar-refractivity contribution in [2.75, 3.05) is 0 Å². The third kappa shape index (κ3) is 4.39. The maximum absolute atomic E-state index is 11.3. The molecule has 2 atom stereocenters. The van der Waals surface area contributed by atoms with Crippen LogP contribution in [0.3, 0.4) is 0 Å². The van der Waals surface area contributed by atoms with E-state index in [4.69, 9.17) is 5.73 Å². The number of hydrogen-bond acceptors (Lipinski definition) is 3. The van der Waals surface area contributed by atoms with Gasteiger partial charge >= 0.3 is 0 Å². The number of hydrogen-bond donors (Lipinski definition) is 2. The largest absolute Gasteiger partial charge is 0.384 e. The molecule has 0 aliphatic carbocycles. The maximum atomic E-state index is 11.3. The first-order chi connectivity index (χ1) is 5.86. The Balaban J connectivity index is 4.09. The smallest absolute Gasteiger partial charge is 0.165 e. The fraction of sp³-hybridized carbons (Fsp3) is 0.900. The van der Waals surface area contributed by atoms with E-state index in [0.717, 1.165) is 0 Å². The molecular weight excluding hydrogens is 166 g/mol. The van der Waals surface area contributed by atoms with Gasteiger partial charge in [-0.1, -0.05) is 27.7 Å². The molecule has 78 valence electrons. The highest BCUT2D eigenvalue weighted by molar-refractivity contribution is 5.85. The summed E-state index contributed by atoms with van der Waals surface area (Å²) in [6.07, 6.45) is -0.318. The summed E-state index contributed by atoms with van der Waals surface area (Å²) in [5, 5.41) is 9.53. The Morgan fingerprint density at radius 2 is 1.77 bits per heavy atom. The molecule has 0 aromatic heterocycles. The molecule has 0 aromatic carbocycles. The molecule has 0 fully saturated rings. The molecule has 0 saturated carbocycles. The van der Waals surface area contributed by atoms with Gasteiger partial charge in [0, 0.05) is 12.0 Å². The Labute approximate surface area is 80.3 Å². The van der Waals surface area contributed by atoms with Gasteiger partial charge in [0.2, 0.25) is 0 Å². The Hall–Kier alpha value is -0.410. The number of Topliss-reactive ketones (excluding diaryl/α,β-unsaturated/α-hetero) is 1. The number of carbonyl (C=O) groups is 1. The topological polar surface area (TPSA) is 63.3 Å². The SMILES string of the molecule is CC(C)C[C@H](N)[C@H](O)C(=O)C(C)C. The second-order valence-electron chi connectivity index (χ2n) is 4.30. The molecule has 0 rings (SSSR count). The monoisotopic (exact) mass is 187 g/mol. The van der Waals surface area contributed by atoms with Gasteiger partial charge in [-0.15, -0.1) is 0 Å². The Kier molecular flexibility index (Phi) is 5.18. The molecule has 0 aromatic rings. The van der Waals surface area contributed by atoms with E-state index in [0.29, 0.717) is 12.3 Å². The molecule has 3 nitrogen and oxygen atoms in total. The van der Waals surface area contributed by atoms with Crippen LogP contribution < -0.4 is 5.73 Å². The minimum absolute atomic E-state index is 0.145. The van der Waals surface area contributed by atoms with E-state index in [1.54, 1.807) is 13.8 Å². The Bertz CT molecular complexity index is 166. The predicted octanol–water partition coefficient (Wildman–Crippen LogP) is 0.946. The van der Waals surface area contributed by atoms with Crippen LogP contribution in [0.4, 0.5) is 0 Å². The normalized spacial score (nSPS) is 16.3. The second kappa shape index (κ2) is 5.35. The van der Waals surface area contributed by atoms with Crippen LogP contribution in [0.15, 0.2) is 0 Å². The third-order valence-corrected chi connectivity index (χ3v) is 2.01. The van der Waals surface area contributed by atoms with Crippen LogP contribution in [0.25, 0.3) is 0 Å². The molecule has 0 aliphatic heterocycles. The average molecular weight is 187 g/mol. The van der Waals surface area contributed by atoms with Gasteiger partial charge in [0.15, 0.2) is 5.78 Å². The van der Waals surface area contributed by atoms with Gasteiger partial charge in [-0.2, -0.15) is 0 Å². The zero-order chi connectivity index (χ0) is 10.6. The summed E-state index contributed by atoms with van der Waals surface area (Å²) in [4.78, 5) is 11.3. The maximum Gasteiger partial charge on any atom is 0.165 e. The van der Waals surface area contributed by atoms with Gasteiger partial charge in [0.25, 0.3) is 0 Å². The van der Waals surface area contributed by atoms with E-state index in [1.165, 1.54) is 0 Å². The van der Waals surface area contributed by atoms with E-state index >= 15 is 0 Å². The number of carbonyl (C=O) groups excluding carboxylic acids is 1. The summed E-state index contributed by atoms with van der Waals surface area (Å²) in [6, 6.07) is -0.421. The molecule has 0 amide bonds.